The van der Waals surface area contributed by atoms with Gasteiger partial charge in [-0.15, -0.1) is 0 Å². The van der Waals surface area contributed by atoms with Gasteiger partial charge in [0.2, 0.25) is 0 Å². The number of methoxy groups -OCH3 is 1. The van der Waals surface area contributed by atoms with Crippen LogP contribution in [0.15, 0.2) is 48.5 Å². The van der Waals surface area contributed by atoms with Crippen LogP contribution in [0.5, 0.6) is 0 Å². The quantitative estimate of drug-likeness (QED) is 0.865. The molecule has 0 aliphatic heterocycles. The lowest BCUT2D eigenvalue weighted by Crippen LogP contribution is -2.35. The van der Waals surface area contributed by atoms with Crippen molar-refractivity contribution in [1.82, 2.24) is 5.32 Å². The van der Waals surface area contributed by atoms with E-state index in [4.69, 9.17) is 16.3 Å². The van der Waals surface area contributed by atoms with Gasteiger partial charge in [0.1, 0.15) is 0 Å². The predicted octanol–water partition coefficient (Wildman–Crippen LogP) is 4.17. The molecule has 0 aliphatic rings. The Kier molecular flexibility index (Phi) is 5.80. The fraction of sp³-hybridized carbons (Fsp3) is 0.333. The van der Waals surface area contributed by atoms with E-state index in [-0.39, 0.29) is 12.1 Å². The van der Waals surface area contributed by atoms with Gasteiger partial charge in [0.25, 0.3) is 0 Å². The van der Waals surface area contributed by atoms with Crippen LogP contribution in [0.1, 0.15) is 22.8 Å². The third-order valence-electron chi connectivity index (χ3n) is 3.77. The molecular formula is C18H22ClNO. The number of rotatable bonds is 6. The summed E-state index contributed by atoms with van der Waals surface area (Å²) < 4.78 is 5.72. The number of aryl methyl sites for hydroxylation is 1. The van der Waals surface area contributed by atoms with E-state index >= 15 is 0 Å². The summed E-state index contributed by atoms with van der Waals surface area (Å²) in [5.41, 5.74) is 3.48. The molecule has 0 aromatic heterocycles. The summed E-state index contributed by atoms with van der Waals surface area (Å²) in [5.74, 6) is 0. The Balaban J connectivity index is 2.22. The van der Waals surface area contributed by atoms with Crippen molar-refractivity contribution in [3.63, 3.8) is 0 Å². The van der Waals surface area contributed by atoms with Gasteiger partial charge in [-0.3, -0.25) is 0 Å². The van der Waals surface area contributed by atoms with Crippen molar-refractivity contribution < 1.29 is 4.74 Å². The molecule has 0 saturated heterocycles. The summed E-state index contributed by atoms with van der Waals surface area (Å²) in [6, 6.07) is 16.6. The molecule has 3 heteroatoms. The van der Waals surface area contributed by atoms with E-state index in [1.54, 1.807) is 7.11 Å². The highest BCUT2D eigenvalue weighted by molar-refractivity contribution is 6.31. The standard InChI is InChI=1S/C18H22ClNO/c1-13-9-10-15(16(19)11-13)12-17(20-2)18(21-3)14-7-5-4-6-8-14/h4-11,17-18,20H,12H2,1-3H3. The Labute approximate surface area is 132 Å². The topological polar surface area (TPSA) is 21.3 Å². The van der Waals surface area contributed by atoms with Crippen molar-refractivity contribution in [2.75, 3.05) is 14.2 Å². The van der Waals surface area contributed by atoms with Gasteiger partial charge in [0.05, 0.1) is 6.10 Å². The molecule has 0 spiro atoms. The molecule has 1 N–H and O–H groups in total. The molecular weight excluding hydrogens is 282 g/mol. The summed E-state index contributed by atoms with van der Waals surface area (Å²) in [6.07, 6.45) is 0.816. The van der Waals surface area contributed by atoms with E-state index in [1.807, 2.05) is 38.2 Å². The third-order valence-corrected chi connectivity index (χ3v) is 4.12. The van der Waals surface area contributed by atoms with Gasteiger partial charge in [-0.1, -0.05) is 54.1 Å². The minimum absolute atomic E-state index is 0.00595. The fourth-order valence-electron chi connectivity index (χ4n) is 2.59. The minimum Gasteiger partial charge on any atom is -0.375 e. The first-order chi connectivity index (χ1) is 10.2. The number of nitrogens with one attached hydrogen (secondary N) is 1. The van der Waals surface area contributed by atoms with Crippen LogP contribution in [0.2, 0.25) is 5.02 Å². The van der Waals surface area contributed by atoms with Crippen molar-refractivity contribution >= 4 is 11.6 Å². The monoisotopic (exact) mass is 303 g/mol. The first-order valence-electron chi connectivity index (χ1n) is 7.15. The lowest BCUT2D eigenvalue weighted by atomic mass is 9.95. The van der Waals surface area contributed by atoms with Crippen LogP contribution in [0.3, 0.4) is 0 Å². The molecule has 0 radical (unpaired) electrons. The van der Waals surface area contributed by atoms with E-state index < -0.39 is 0 Å². The zero-order chi connectivity index (χ0) is 15.2. The van der Waals surface area contributed by atoms with Gasteiger partial charge in [0.15, 0.2) is 0 Å². The maximum Gasteiger partial charge on any atom is 0.0977 e. The van der Waals surface area contributed by atoms with Crippen LogP contribution in [0, 0.1) is 6.92 Å². The minimum atomic E-state index is -0.00595. The molecule has 2 aromatic rings. The predicted molar refractivity (Wildman–Crippen MR) is 88.9 cm³/mol. The van der Waals surface area contributed by atoms with Gasteiger partial charge in [0, 0.05) is 18.2 Å². The molecule has 2 unspecified atom stereocenters. The molecule has 0 saturated carbocycles. The lowest BCUT2D eigenvalue weighted by molar-refractivity contribution is 0.0704. The number of hydrogen-bond donors (Lipinski definition) is 1. The Morgan fingerprint density at radius 1 is 1.14 bits per heavy atom. The molecule has 0 fully saturated rings. The maximum atomic E-state index is 6.36. The zero-order valence-electron chi connectivity index (χ0n) is 12.8. The molecule has 2 aromatic carbocycles. The molecule has 112 valence electrons. The number of halogens is 1. The number of ether oxygens (including phenoxy) is 1. The number of hydrogen-bond acceptors (Lipinski definition) is 2. The largest absolute Gasteiger partial charge is 0.375 e. The van der Waals surface area contributed by atoms with Crippen LogP contribution in [-0.4, -0.2) is 20.2 Å². The first kappa shape index (κ1) is 16.0. The molecule has 0 aliphatic carbocycles. The molecule has 0 amide bonds. The summed E-state index contributed by atoms with van der Waals surface area (Å²) in [7, 11) is 3.71. The highest BCUT2D eigenvalue weighted by atomic mass is 35.5. The normalized spacial score (nSPS) is 13.9. The molecule has 2 atom stereocenters. The molecule has 0 bridgehead atoms. The molecule has 0 heterocycles. The van der Waals surface area contributed by atoms with Gasteiger partial charge < -0.3 is 10.1 Å². The van der Waals surface area contributed by atoms with Crippen LogP contribution in [0.25, 0.3) is 0 Å². The van der Waals surface area contributed by atoms with Crippen molar-refractivity contribution in [3.05, 3.63) is 70.2 Å². The van der Waals surface area contributed by atoms with Gasteiger partial charge in [-0.2, -0.15) is 0 Å². The number of likely N-dealkylation sites (N-methyl/N-ethyl adjacent to an activating group) is 1. The molecule has 2 rings (SSSR count). The summed E-state index contributed by atoms with van der Waals surface area (Å²) >= 11 is 6.36. The summed E-state index contributed by atoms with van der Waals surface area (Å²) in [6.45, 7) is 2.05. The van der Waals surface area contributed by atoms with E-state index in [1.165, 1.54) is 11.1 Å². The second-order valence-electron chi connectivity index (χ2n) is 5.26. The highest BCUT2D eigenvalue weighted by Gasteiger charge is 2.22. The Hall–Kier alpha value is -1.35. The van der Waals surface area contributed by atoms with Crippen molar-refractivity contribution in [3.8, 4) is 0 Å². The van der Waals surface area contributed by atoms with E-state index in [0.29, 0.717) is 0 Å². The zero-order valence-corrected chi connectivity index (χ0v) is 13.5. The van der Waals surface area contributed by atoms with Crippen LogP contribution >= 0.6 is 11.6 Å². The Bertz CT molecular complexity index is 571. The number of benzene rings is 2. The lowest BCUT2D eigenvalue weighted by Gasteiger charge is -2.26. The van der Waals surface area contributed by atoms with Gasteiger partial charge in [-0.25, -0.2) is 0 Å². The average Bonchev–Trinajstić information content (AvgIpc) is 2.50. The van der Waals surface area contributed by atoms with E-state index in [2.05, 4.69) is 29.6 Å². The van der Waals surface area contributed by atoms with Gasteiger partial charge >= 0.3 is 0 Å². The summed E-state index contributed by atoms with van der Waals surface area (Å²) in [5, 5.41) is 4.18. The van der Waals surface area contributed by atoms with Crippen LogP contribution in [0.4, 0.5) is 0 Å². The third kappa shape index (κ3) is 4.07. The maximum absolute atomic E-state index is 6.36. The van der Waals surface area contributed by atoms with E-state index in [9.17, 15) is 0 Å². The van der Waals surface area contributed by atoms with Crippen molar-refractivity contribution in [2.45, 2.75) is 25.5 Å². The average molecular weight is 304 g/mol. The second kappa shape index (κ2) is 7.60. The molecule has 21 heavy (non-hydrogen) atoms. The Morgan fingerprint density at radius 2 is 1.86 bits per heavy atom. The van der Waals surface area contributed by atoms with Crippen LogP contribution < -0.4 is 5.32 Å². The molecule has 2 nitrogen and oxygen atoms in total. The van der Waals surface area contributed by atoms with Gasteiger partial charge in [-0.05, 0) is 43.1 Å². The fourth-order valence-corrected chi connectivity index (χ4v) is 2.90. The second-order valence-corrected chi connectivity index (χ2v) is 5.67. The van der Waals surface area contributed by atoms with Crippen molar-refractivity contribution in [1.29, 1.82) is 0 Å². The Morgan fingerprint density at radius 3 is 2.43 bits per heavy atom. The van der Waals surface area contributed by atoms with Crippen molar-refractivity contribution in [2.24, 2.45) is 0 Å². The summed E-state index contributed by atoms with van der Waals surface area (Å²) in [4.78, 5) is 0. The van der Waals surface area contributed by atoms with Crippen LogP contribution in [-0.2, 0) is 11.2 Å². The first-order valence-corrected chi connectivity index (χ1v) is 7.53. The van der Waals surface area contributed by atoms with E-state index in [0.717, 1.165) is 17.0 Å². The SMILES string of the molecule is CNC(Cc1ccc(C)cc1Cl)C(OC)c1ccccc1. The smallest absolute Gasteiger partial charge is 0.0977 e. The highest BCUT2D eigenvalue weighted by Crippen LogP contribution is 2.26.